The zero-order valence-corrected chi connectivity index (χ0v) is 11.8. The summed E-state index contributed by atoms with van der Waals surface area (Å²) in [5, 5.41) is 18.7. The highest BCUT2D eigenvalue weighted by Gasteiger charge is 2.43. The van der Waals surface area contributed by atoms with Crippen LogP contribution in [0.1, 0.15) is 40.5 Å². The summed E-state index contributed by atoms with van der Waals surface area (Å²) < 4.78 is 9.87. The highest BCUT2D eigenvalue weighted by atomic mass is 16.7. The van der Waals surface area contributed by atoms with Gasteiger partial charge in [-0.25, -0.2) is 4.79 Å². The second-order valence-electron chi connectivity index (χ2n) is 5.87. The van der Waals surface area contributed by atoms with Crippen molar-refractivity contribution >= 4 is 6.16 Å². The molecule has 1 aliphatic carbocycles. The molecule has 19 heavy (non-hydrogen) atoms. The molecule has 0 aromatic carbocycles. The summed E-state index contributed by atoms with van der Waals surface area (Å²) in [6.45, 7) is 7.30. The van der Waals surface area contributed by atoms with E-state index >= 15 is 0 Å². The molecule has 0 amide bonds. The van der Waals surface area contributed by atoms with Gasteiger partial charge in [0, 0.05) is 5.41 Å². The van der Waals surface area contributed by atoms with Gasteiger partial charge in [0.25, 0.3) is 0 Å². The number of aliphatic hydroxyl groups is 2. The van der Waals surface area contributed by atoms with Crippen LogP contribution >= 0.6 is 0 Å². The molecular formula is C14H22O5. The molecule has 1 rings (SSSR count). The largest absolute Gasteiger partial charge is 0.522 e. The van der Waals surface area contributed by atoms with Crippen LogP contribution in [0.5, 0.6) is 0 Å². The monoisotopic (exact) mass is 270 g/mol. The van der Waals surface area contributed by atoms with Crippen LogP contribution in [0.2, 0.25) is 0 Å². The molecule has 0 radical (unpaired) electrons. The van der Waals surface area contributed by atoms with Crippen LogP contribution in [0.25, 0.3) is 0 Å². The molecule has 1 saturated carbocycles. The van der Waals surface area contributed by atoms with Gasteiger partial charge >= 0.3 is 6.16 Å². The third-order valence-corrected chi connectivity index (χ3v) is 3.32. The van der Waals surface area contributed by atoms with E-state index in [2.05, 4.69) is 16.8 Å². The Balaban J connectivity index is 2.60. The van der Waals surface area contributed by atoms with E-state index in [0.29, 0.717) is 12.8 Å². The van der Waals surface area contributed by atoms with Gasteiger partial charge in [-0.1, -0.05) is 20.8 Å². The number of hydrogen-bond acceptors (Lipinski definition) is 5. The van der Waals surface area contributed by atoms with Crippen LogP contribution in [0, 0.1) is 23.4 Å². The maximum atomic E-state index is 11.5. The third kappa shape index (κ3) is 4.73. The minimum absolute atomic E-state index is 0.0519. The van der Waals surface area contributed by atoms with Crippen LogP contribution < -0.4 is 0 Å². The molecule has 1 aliphatic rings. The number of hydrogen-bond donors (Lipinski definition) is 2. The lowest BCUT2D eigenvalue weighted by molar-refractivity contribution is -0.0901. The van der Waals surface area contributed by atoms with Gasteiger partial charge < -0.3 is 19.7 Å². The Morgan fingerprint density at radius 2 is 2.11 bits per heavy atom. The summed E-state index contributed by atoms with van der Waals surface area (Å²) >= 11 is 0. The van der Waals surface area contributed by atoms with Crippen molar-refractivity contribution in [3.8, 4) is 12.0 Å². The molecule has 0 bridgehead atoms. The molecular weight excluding hydrogens is 248 g/mol. The lowest BCUT2D eigenvalue weighted by Gasteiger charge is -2.43. The first-order valence-corrected chi connectivity index (χ1v) is 6.46. The molecule has 0 spiro atoms. The number of rotatable bonds is 1. The van der Waals surface area contributed by atoms with Gasteiger partial charge in [0.1, 0.15) is 18.3 Å². The molecule has 0 aromatic rings. The molecule has 108 valence electrons. The van der Waals surface area contributed by atoms with E-state index in [1.807, 2.05) is 20.8 Å². The standard InChI is InChI=1S/C14H22O5/c1-9-7-11(16)8-14(3,4)12(9)19-13(17)18-6-5-10(2)15/h9-12,15-16H,7-8H2,1-4H3. The van der Waals surface area contributed by atoms with Crippen molar-refractivity contribution in [2.75, 3.05) is 0 Å². The first-order chi connectivity index (χ1) is 8.72. The van der Waals surface area contributed by atoms with E-state index in [1.165, 1.54) is 6.92 Å². The highest BCUT2D eigenvalue weighted by Crippen LogP contribution is 2.41. The fraction of sp³-hybridized carbons (Fsp3) is 0.786. The smallest absolute Gasteiger partial charge is 0.429 e. The summed E-state index contributed by atoms with van der Waals surface area (Å²) in [6.07, 6.45) is 0.870. The molecule has 0 saturated heterocycles. The van der Waals surface area contributed by atoms with Gasteiger partial charge in [0.15, 0.2) is 0 Å². The molecule has 0 heterocycles. The Hall–Kier alpha value is -1.25. The molecule has 5 nitrogen and oxygen atoms in total. The van der Waals surface area contributed by atoms with E-state index < -0.39 is 12.3 Å². The van der Waals surface area contributed by atoms with Crippen molar-refractivity contribution < 1.29 is 24.5 Å². The predicted molar refractivity (Wildman–Crippen MR) is 69.0 cm³/mol. The Labute approximate surface area is 113 Å². The summed E-state index contributed by atoms with van der Waals surface area (Å²) in [4.78, 5) is 11.5. The Kier molecular flexibility index (Phi) is 5.21. The molecule has 4 unspecified atom stereocenters. The van der Waals surface area contributed by atoms with E-state index in [-0.39, 0.29) is 23.5 Å². The van der Waals surface area contributed by atoms with Crippen LogP contribution in [-0.2, 0) is 9.47 Å². The molecule has 1 fully saturated rings. The number of carbonyl (C=O) groups excluding carboxylic acids is 1. The van der Waals surface area contributed by atoms with Crippen LogP contribution in [-0.4, -0.2) is 34.7 Å². The Morgan fingerprint density at radius 3 is 2.63 bits per heavy atom. The number of aliphatic hydroxyl groups excluding tert-OH is 2. The number of carbonyl (C=O) groups is 1. The minimum Gasteiger partial charge on any atom is -0.429 e. The van der Waals surface area contributed by atoms with Gasteiger partial charge in [0.2, 0.25) is 0 Å². The lowest BCUT2D eigenvalue weighted by atomic mass is 9.69. The number of ether oxygens (including phenoxy) is 2. The summed E-state index contributed by atoms with van der Waals surface area (Å²) in [6, 6.07) is 0. The zero-order chi connectivity index (χ0) is 14.6. The molecule has 4 atom stereocenters. The van der Waals surface area contributed by atoms with Crippen LogP contribution in [0.15, 0.2) is 0 Å². The summed E-state index contributed by atoms with van der Waals surface area (Å²) in [5.74, 6) is 2.35. The van der Waals surface area contributed by atoms with Crippen molar-refractivity contribution in [3.05, 3.63) is 0 Å². The quantitative estimate of drug-likeness (QED) is 0.560. The predicted octanol–water partition coefficient (Wildman–Crippen LogP) is 1.67. The van der Waals surface area contributed by atoms with Crippen molar-refractivity contribution in [1.82, 2.24) is 0 Å². The molecule has 0 aliphatic heterocycles. The third-order valence-electron chi connectivity index (χ3n) is 3.32. The van der Waals surface area contributed by atoms with Crippen molar-refractivity contribution in [2.45, 2.75) is 58.8 Å². The maximum absolute atomic E-state index is 11.5. The normalized spacial score (nSPS) is 30.7. The van der Waals surface area contributed by atoms with E-state index in [4.69, 9.17) is 9.84 Å². The first-order valence-electron chi connectivity index (χ1n) is 6.46. The van der Waals surface area contributed by atoms with Crippen molar-refractivity contribution in [2.24, 2.45) is 11.3 Å². The zero-order valence-electron chi connectivity index (χ0n) is 11.8. The maximum Gasteiger partial charge on any atom is 0.522 e. The van der Waals surface area contributed by atoms with Crippen molar-refractivity contribution in [1.29, 1.82) is 0 Å². The average Bonchev–Trinajstić information content (AvgIpc) is 2.22. The first kappa shape index (κ1) is 15.8. The van der Waals surface area contributed by atoms with E-state index in [0.717, 1.165) is 0 Å². The van der Waals surface area contributed by atoms with Crippen LogP contribution in [0.3, 0.4) is 0 Å². The van der Waals surface area contributed by atoms with Crippen LogP contribution in [0.4, 0.5) is 4.79 Å². The lowest BCUT2D eigenvalue weighted by Crippen LogP contribution is -2.46. The fourth-order valence-corrected chi connectivity index (χ4v) is 2.69. The summed E-state index contributed by atoms with van der Waals surface area (Å²) in [5.41, 5.74) is -0.312. The van der Waals surface area contributed by atoms with Gasteiger partial charge in [0.05, 0.1) is 6.10 Å². The highest BCUT2D eigenvalue weighted by molar-refractivity contribution is 5.61. The topological polar surface area (TPSA) is 76.0 Å². The van der Waals surface area contributed by atoms with Gasteiger partial charge in [-0.3, -0.25) is 0 Å². The molecule has 2 N–H and O–H groups in total. The van der Waals surface area contributed by atoms with E-state index in [1.54, 1.807) is 0 Å². The van der Waals surface area contributed by atoms with Gasteiger partial charge in [-0.2, -0.15) is 0 Å². The minimum atomic E-state index is -0.866. The van der Waals surface area contributed by atoms with Gasteiger partial charge in [-0.05, 0) is 31.6 Å². The summed E-state index contributed by atoms with van der Waals surface area (Å²) in [7, 11) is 0. The Morgan fingerprint density at radius 1 is 1.47 bits per heavy atom. The van der Waals surface area contributed by atoms with E-state index in [9.17, 15) is 9.90 Å². The SMILES string of the molecule is CC(O)C#COC(=O)OC1C(C)CC(O)CC1(C)C. The van der Waals surface area contributed by atoms with Gasteiger partial charge in [-0.15, -0.1) is 0 Å². The second-order valence-corrected chi connectivity index (χ2v) is 5.87. The average molecular weight is 270 g/mol. The molecule has 5 heteroatoms. The van der Waals surface area contributed by atoms with Crippen molar-refractivity contribution in [3.63, 3.8) is 0 Å². The second kappa shape index (κ2) is 6.27. The molecule has 0 aromatic heterocycles. The Bertz CT molecular complexity index is 377. The fourth-order valence-electron chi connectivity index (χ4n) is 2.69.